The lowest BCUT2D eigenvalue weighted by Gasteiger charge is -2.08. The van der Waals surface area contributed by atoms with Gasteiger partial charge in [-0.3, -0.25) is 9.89 Å². The van der Waals surface area contributed by atoms with Gasteiger partial charge in [-0.15, -0.1) is 0 Å². The first-order valence-electron chi connectivity index (χ1n) is 8.82. The van der Waals surface area contributed by atoms with E-state index >= 15 is 0 Å². The highest BCUT2D eigenvalue weighted by atomic mass is 35.5. The summed E-state index contributed by atoms with van der Waals surface area (Å²) in [6.07, 6.45) is 2.05. The maximum absolute atomic E-state index is 13.2. The normalized spacial score (nSPS) is 11.4. The smallest absolute Gasteiger partial charge is 0.282 e. The van der Waals surface area contributed by atoms with Gasteiger partial charge in [0.05, 0.1) is 16.7 Å². The molecular formula is C20H18Cl2N4O. The number of nitrogens with zero attached hydrogens (tertiary/aromatic N) is 2. The number of nitrogens with one attached hydrogen (secondary N) is 2. The van der Waals surface area contributed by atoms with Crippen LogP contribution in [0.4, 0.5) is 5.82 Å². The summed E-state index contributed by atoms with van der Waals surface area (Å²) in [5.41, 5.74) is 2.02. The zero-order chi connectivity index (χ0) is 19.0. The molecule has 0 unspecified atom stereocenters. The maximum atomic E-state index is 13.2. The Kier molecular flexibility index (Phi) is 4.81. The van der Waals surface area contributed by atoms with Gasteiger partial charge in [-0.25, -0.2) is 9.67 Å². The number of aromatic nitrogens is 3. The lowest BCUT2D eigenvalue weighted by atomic mass is 10.1. The predicted octanol–water partition coefficient (Wildman–Crippen LogP) is 5.39. The van der Waals surface area contributed by atoms with E-state index in [9.17, 15) is 4.79 Å². The molecule has 2 heterocycles. The molecule has 0 saturated heterocycles. The van der Waals surface area contributed by atoms with Crippen molar-refractivity contribution >= 4 is 50.8 Å². The number of fused-ring (bicyclic) bond motifs is 3. The molecule has 27 heavy (non-hydrogen) atoms. The first-order chi connectivity index (χ1) is 13.1. The van der Waals surface area contributed by atoms with Crippen LogP contribution in [0.3, 0.4) is 0 Å². The summed E-state index contributed by atoms with van der Waals surface area (Å²) in [4.78, 5) is 17.9. The van der Waals surface area contributed by atoms with Crippen LogP contribution in [0, 0.1) is 0 Å². The van der Waals surface area contributed by atoms with Gasteiger partial charge in [0, 0.05) is 22.0 Å². The molecule has 4 rings (SSSR count). The monoisotopic (exact) mass is 400 g/mol. The average Bonchev–Trinajstić information content (AvgIpc) is 3.01. The van der Waals surface area contributed by atoms with Crippen LogP contribution < -0.4 is 10.9 Å². The van der Waals surface area contributed by atoms with Gasteiger partial charge >= 0.3 is 0 Å². The molecule has 2 N–H and O–H groups in total. The van der Waals surface area contributed by atoms with E-state index in [0.29, 0.717) is 32.5 Å². The van der Waals surface area contributed by atoms with Crippen molar-refractivity contribution in [3.63, 3.8) is 0 Å². The number of hydrogen-bond donors (Lipinski definition) is 2. The van der Waals surface area contributed by atoms with Crippen LogP contribution in [0.5, 0.6) is 0 Å². The van der Waals surface area contributed by atoms with Crippen LogP contribution in [-0.4, -0.2) is 21.3 Å². The summed E-state index contributed by atoms with van der Waals surface area (Å²) < 4.78 is 1.51. The molecule has 0 aliphatic heterocycles. The Morgan fingerprint density at radius 2 is 1.85 bits per heavy atom. The van der Waals surface area contributed by atoms with Crippen molar-refractivity contribution in [2.75, 3.05) is 11.9 Å². The zero-order valence-electron chi connectivity index (χ0n) is 14.7. The van der Waals surface area contributed by atoms with Crippen molar-refractivity contribution in [3.05, 3.63) is 62.9 Å². The van der Waals surface area contributed by atoms with Crippen molar-refractivity contribution in [2.45, 2.75) is 19.8 Å². The van der Waals surface area contributed by atoms with Crippen LogP contribution in [0.2, 0.25) is 10.0 Å². The standard InChI is InChI=1S/C20H18Cl2N4O/c1-2-3-10-23-19-17-18(15-11-13(22)6-9-16(15)24-19)25-26(20(17)27)14-7-4-12(21)5-8-14/h4-9,11,25H,2-3,10H2,1H3,(H,23,24). The molecule has 0 fully saturated rings. The average molecular weight is 401 g/mol. The molecule has 0 amide bonds. The first-order valence-corrected chi connectivity index (χ1v) is 9.58. The van der Waals surface area contributed by atoms with Crippen molar-refractivity contribution < 1.29 is 0 Å². The van der Waals surface area contributed by atoms with Crippen LogP contribution in [-0.2, 0) is 0 Å². The van der Waals surface area contributed by atoms with Crippen LogP contribution in [0.15, 0.2) is 47.3 Å². The number of rotatable bonds is 5. The minimum Gasteiger partial charge on any atom is -0.369 e. The predicted molar refractivity (Wildman–Crippen MR) is 113 cm³/mol. The molecule has 0 radical (unpaired) electrons. The highest BCUT2D eigenvalue weighted by Crippen LogP contribution is 2.29. The molecule has 7 heteroatoms. The second-order valence-corrected chi connectivity index (χ2v) is 7.25. The van der Waals surface area contributed by atoms with Crippen LogP contribution in [0.1, 0.15) is 19.8 Å². The number of aromatic amines is 1. The Morgan fingerprint density at radius 3 is 2.59 bits per heavy atom. The minimum atomic E-state index is -0.166. The molecular weight excluding hydrogens is 383 g/mol. The van der Waals surface area contributed by atoms with E-state index in [4.69, 9.17) is 23.2 Å². The molecule has 2 aromatic heterocycles. The van der Waals surface area contributed by atoms with E-state index < -0.39 is 0 Å². The molecule has 0 atom stereocenters. The van der Waals surface area contributed by atoms with E-state index in [1.807, 2.05) is 12.1 Å². The van der Waals surface area contributed by atoms with Crippen molar-refractivity contribution in [1.82, 2.24) is 14.8 Å². The number of unbranched alkanes of at least 4 members (excludes halogenated alkanes) is 1. The Bertz CT molecular complexity index is 1180. The lowest BCUT2D eigenvalue weighted by molar-refractivity contribution is 0.832. The SMILES string of the molecule is CCCCNc1nc2ccc(Cl)cc2c2[nH]n(-c3ccc(Cl)cc3)c(=O)c12. The van der Waals surface area contributed by atoms with Crippen molar-refractivity contribution in [2.24, 2.45) is 0 Å². The topological polar surface area (TPSA) is 62.7 Å². The number of halogens is 2. The second-order valence-electron chi connectivity index (χ2n) is 6.38. The van der Waals surface area contributed by atoms with Gasteiger partial charge in [0.25, 0.3) is 5.56 Å². The van der Waals surface area contributed by atoms with E-state index in [1.165, 1.54) is 4.68 Å². The molecule has 0 aliphatic rings. The van der Waals surface area contributed by atoms with E-state index in [1.54, 1.807) is 30.3 Å². The molecule has 138 valence electrons. The molecule has 0 saturated carbocycles. The molecule has 2 aromatic carbocycles. The summed E-state index contributed by atoms with van der Waals surface area (Å²) in [6, 6.07) is 12.6. The molecule has 0 spiro atoms. The highest BCUT2D eigenvalue weighted by molar-refractivity contribution is 6.31. The largest absolute Gasteiger partial charge is 0.369 e. The maximum Gasteiger partial charge on any atom is 0.282 e. The first kappa shape index (κ1) is 17.9. The Balaban J connectivity index is 2.00. The Morgan fingerprint density at radius 1 is 1.11 bits per heavy atom. The third kappa shape index (κ3) is 3.29. The molecule has 0 aliphatic carbocycles. The van der Waals surface area contributed by atoms with E-state index in [0.717, 1.165) is 30.3 Å². The minimum absolute atomic E-state index is 0.166. The molecule has 4 aromatic rings. The highest BCUT2D eigenvalue weighted by Gasteiger charge is 2.17. The van der Waals surface area contributed by atoms with Crippen molar-refractivity contribution in [3.8, 4) is 5.69 Å². The van der Waals surface area contributed by atoms with Crippen LogP contribution in [0.25, 0.3) is 27.5 Å². The van der Waals surface area contributed by atoms with Gasteiger partial charge in [0.1, 0.15) is 11.2 Å². The number of anilines is 1. The lowest BCUT2D eigenvalue weighted by Crippen LogP contribution is -2.15. The summed E-state index contributed by atoms with van der Waals surface area (Å²) in [6.45, 7) is 2.88. The summed E-state index contributed by atoms with van der Waals surface area (Å²) in [5.74, 6) is 0.585. The number of H-pyrrole nitrogens is 1. The second kappa shape index (κ2) is 7.25. The number of pyridine rings is 1. The number of benzene rings is 2. The fourth-order valence-electron chi connectivity index (χ4n) is 3.12. The van der Waals surface area contributed by atoms with E-state index in [-0.39, 0.29) is 5.56 Å². The summed E-state index contributed by atoms with van der Waals surface area (Å²) in [5, 5.41) is 9.08. The van der Waals surface area contributed by atoms with Gasteiger partial charge in [0.2, 0.25) is 0 Å². The fraction of sp³-hybridized carbons (Fsp3) is 0.200. The van der Waals surface area contributed by atoms with Crippen LogP contribution >= 0.6 is 23.2 Å². The third-order valence-electron chi connectivity index (χ3n) is 4.50. The number of hydrogen-bond acceptors (Lipinski definition) is 3. The molecule has 0 bridgehead atoms. The van der Waals surface area contributed by atoms with E-state index in [2.05, 4.69) is 22.3 Å². The third-order valence-corrected chi connectivity index (χ3v) is 4.98. The molecule has 5 nitrogen and oxygen atoms in total. The Labute approximate surface area is 165 Å². The quantitative estimate of drug-likeness (QED) is 0.441. The fourth-order valence-corrected chi connectivity index (χ4v) is 3.42. The Hall–Kier alpha value is -2.50. The zero-order valence-corrected chi connectivity index (χ0v) is 16.2. The van der Waals surface area contributed by atoms with Gasteiger partial charge < -0.3 is 5.32 Å². The van der Waals surface area contributed by atoms with Gasteiger partial charge in [0.15, 0.2) is 0 Å². The summed E-state index contributed by atoms with van der Waals surface area (Å²) >= 11 is 12.2. The van der Waals surface area contributed by atoms with Gasteiger partial charge in [-0.2, -0.15) is 0 Å². The van der Waals surface area contributed by atoms with Gasteiger partial charge in [-0.1, -0.05) is 36.5 Å². The van der Waals surface area contributed by atoms with Crippen molar-refractivity contribution in [1.29, 1.82) is 0 Å². The van der Waals surface area contributed by atoms with Gasteiger partial charge in [-0.05, 0) is 48.9 Å². The summed E-state index contributed by atoms with van der Waals surface area (Å²) in [7, 11) is 0.